The van der Waals surface area contributed by atoms with Crippen molar-refractivity contribution in [3.63, 3.8) is 0 Å². The monoisotopic (exact) mass is 908 g/mol. The van der Waals surface area contributed by atoms with Gasteiger partial charge in [0.05, 0.1) is 11.0 Å². The molecule has 0 amide bonds. The second kappa shape index (κ2) is 16.7. The Morgan fingerprint density at radius 2 is 0.859 bits per heavy atom. The van der Waals surface area contributed by atoms with Crippen LogP contribution < -0.4 is 4.90 Å². The molecule has 0 N–H and O–H groups in total. The van der Waals surface area contributed by atoms with E-state index in [2.05, 4.69) is 246 Å². The fourth-order valence-corrected chi connectivity index (χ4v) is 10.8. The molecule has 10 aromatic carbocycles. The fourth-order valence-electron chi connectivity index (χ4n) is 10.8. The van der Waals surface area contributed by atoms with Gasteiger partial charge in [-0.25, -0.2) is 0 Å². The third kappa shape index (κ3) is 6.99. The minimum absolute atomic E-state index is 0.219. The van der Waals surface area contributed by atoms with Gasteiger partial charge in [0.15, 0.2) is 0 Å². The Balaban J connectivity index is 0.835. The molecular formula is C67H44N2O2. The number of benzene rings is 10. The van der Waals surface area contributed by atoms with E-state index in [1.54, 1.807) is 0 Å². The fraction of sp³-hybridized carbons (Fsp3) is 0.0149. The van der Waals surface area contributed by atoms with Crippen LogP contribution in [0.5, 0.6) is 0 Å². The van der Waals surface area contributed by atoms with Crippen molar-refractivity contribution < 1.29 is 8.83 Å². The molecule has 3 heterocycles. The van der Waals surface area contributed by atoms with Gasteiger partial charge in [-0.2, -0.15) is 0 Å². The van der Waals surface area contributed by atoms with Gasteiger partial charge in [-0.05, 0) is 124 Å². The second-order valence-corrected chi connectivity index (χ2v) is 18.4. The summed E-state index contributed by atoms with van der Waals surface area (Å²) in [5.41, 5.74) is 18.4. The van der Waals surface area contributed by atoms with Crippen LogP contribution in [-0.4, -0.2) is 4.57 Å². The van der Waals surface area contributed by atoms with E-state index in [0.717, 1.165) is 94.4 Å². The number of nitrogens with zero attached hydrogens (tertiary/aromatic N) is 2. The summed E-state index contributed by atoms with van der Waals surface area (Å²) in [6.45, 7) is 0. The van der Waals surface area contributed by atoms with E-state index in [0.29, 0.717) is 0 Å². The van der Waals surface area contributed by atoms with Crippen LogP contribution in [0.15, 0.2) is 270 Å². The van der Waals surface area contributed by atoms with E-state index in [-0.39, 0.29) is 5.92 Å². The maximum atomic E-state index is 6.46. The van der Waals surface area contributed by atoms with Crippen LogP contribution in [0.25, 0.3) is 105 Å². The van der Waals surface area contributed by atoms with E-state index < -0.39 is 0 Å². The van der Waals surface area contributed by atoms with Crippen molar-refractivity contribution in [1.29, 1.82) is 0 Å². The first-order chi connectivity index (χ1) is 35.2. The number of hydrogen-bond acceptors (Lipinski definition) is 3. The minimum Gasteiger partial charge on any atom is -0.456 e. The van der Waals surface area contributed by atoms with Crippen LogP contribution in [0.3, 0.4) is 0 Å². The zero-order chi connectivity index (χ0) is 46.8. The average Bonchev–Trinajstić information content (AvgIpc) is 4.02. The first-order valence-corrected chi connectivity index (χ1v) is 24.3. The quantitative estimate of drug-likeness (QED) is 0.152. The first-order valence-electron chi connectivity index (χ1n) is 24.3. The molecule has 4 heteroatoms. The maximum absolute atomic E-state index is 6.46. The summed E-state index contributed by atoms with van der Waals surface area (Å²) in [6.07, 6.45) is 13.0. The van der Waals surface area contributed by atoms with Gasteiger partial charge in [0, 0.05) is 66.5 Å². The number of para-hydroxylation sites is 4. The highest BCUT2D eigenvalue weighted by Crippen LogP contribution is 2.42. The molecule has 0 unspecified atom stereocenters. The first kappa shape index (κ1) is 40.7. The Morgan fingerprint density at radius 1 is 0.338 bits per heavy atom. The molecule has 4 nitrogen and oxygen atoms in total. The van der Waals surface area contributed by atoms with E-state index >= 15 is 0 Å². The standard InChI is InChI=1S/C67H44N2O2/c1-2-4-14-44(13-3-1)48-15-11-16-54(41-48)69-62-22-8-5-17-56(62)60-42-49(31-39-63(60)69)45-25-33-51(34-26-45)68(52-35-27-46(28-36-52)50-32-40-66-61(43-50)58-19-7-9-23-64(58)70-66)53-37-29-47(30-38-53)55-20-12-21-59-57-18-6-10-24-65(57)71-67(55)59/h1-44H. The van der Waals surface area contributed by atoms with Gasteiger partial charge in [0.1, 0.15) is 22.3 Å². The third-order valence-electron chi connectivity index (χ3n) is 14.3. The number of anilines is 3. The number of furan rings is 2. The molecule has 0 saturated heterocycles. The van der Waals surface area contributed by atoms with Crippen molar-refractivity contribution in [1.82, 2.24) is 4.57 Å². The SMILES string of the molecule is C1=CC=CC(c2cccc(-n3c4ccccc4c4cc(-c5ccc(N(c6ccc(-c7ccc8oc9ccccc9c8c7)cc6)c6ccc(-c7cccc8c7oc7ccccc78)cc6)cc5)ccc43)c2)C=C1. The van der Waals surface area contributed by atoms with Crippen molar-refractivity contribution in [2.45, 2.75) is 5.92 Å². The van der Waals surface area contributed by atoms with Gasteiger partial charge in [-0.15, -0.1) is 0 Å². The van der Waals surface area contributed by atoms with Crippen molar-refractivity contribution in [3.8, 4) is 39.1 Å². The number of fused-ring (bicyclic) bond motifs is 9. The lowest BCUT2D eigenvalue weighted by atomic mass is 9.98. The third-order valence-corrected chi connectivity index (χ3v) is 14.3. The van der Waals surface area contributed by atoms with Crippen LogP contribution in [-0.2, 0) is 0 Å². The van der Waals surface area contributed by atoms with Gasteiger partial charge in [0.2, 0.25) is 0 Å². The predicted octanol–water partition coefficient (Wildman–Crippen LogP) is 18.8. The highest BCUT2D eigenvalue weighted by atomic mass is 16.3. The van der Waals surface area contributed by atoms with E-state index in [4.69, 9.17) is 8.83 Å². The predicted molar refractivity (Wildman–Crippen MR) is 296 cm³/mol. The molecule has 0 saturated carbocycles. The van der Waals surface area contributed by atoms with Gasteiger partial charge in [-0.1, -0.05) is 170 Å². The van der Waals surface area contributed by atoms with E-state index in [1.165, 1.54) is 32.9 Å². The molecular weight excluding hydrogens is 865 g/mol. The van der Waals surface area contributed by atoms with Crippen LogP contribution >= 0.6 is 0 Å². The normalized spacial score (nSPS) is 12.8. The summed E-state index contributed by atoms with van der Waals surface area (Å²) in [5, 5.41) is 6.96. The molecule has 13 aromatic rings. The molecule has 0 aliphatic heterocycles. The largest absolute Gasteiger partial charge is 0.456 e. The summed E-state index contributed by atoms with van der Waals surface area (Å²) >= 11 is 0. The van der Waals surface area contributed by atoms with E-state index in [9.17, 15) is 0 Å². The lowest BCUT2D eigenvalue weighted by Gasteiger charge is -2.26. The Hall–Kier alpha value is -9.38. The smallest absolute Gasteiger partial charge is 0.143 e. The number of rotatable bonds is 8. The zero-order valence-electron chi connectivity index (χ0n) is 38.6. The lowest BCUT2D eigenvalue weighted by Crippen LogP contribution is -2.09. The Morgan fingerprint density at radius 3 is 1.56 bits per heavy atom. The van der Waals surface area contributed by atoms with Crippen LogP contribution in [0.2, 0.25) is 0 Å². The highest BCUT2D eigenvalue weighted by molar-refractivity contribution is 6.11. The molecule has 0 atom stereocenters. The molecule has 71 heavy (non-hydrogen) atoms. The van der Waals surface area contributed by atoms with Crippen molar-refractivity contribution in [2.75, 3.05) is 4.90 Å². The molecule has 3 aromatic heterocycles. The van der Waals surface area contributed by atoms with Crippen LogP contribution in [0, 0.1) is 0 Å². The lowest BCUT2D eigenvalue weighted by molar-refractivity contribution is 0.669. The molecule has 0 bridgehead atoms. The summed E-state index contributed by atoms with van der Waals surface area (Å²) < 4.78 is 15.0. The zero-order valence-corrected chi connectivity index (χ0v) is 38.6. The number of hydrogen-bond donors (Lipinski definition) is 0. The highest BCUT2D eigenvalue weighted by Gasteiger charge is 2.19. The second-order valence-electron chi connectivity index (χ2n) is 18.4. The molecule has 1 aliphatic carbocycles. The molecule has 1 aliphatic rings. The molecule has 0 radical (unpaired) electrons. The van der Waals surface area contributed by atoms with E-state index in [1.807, 2.05) is 24.3 Å². The summed E-state index contributed by atoms with van der Waals surface area (Å²) in [7, 11) is 0. The Bertz CT molecular complexity index is 4260. The topological polar surface area (TPSA) is 34.5 Å². The maximum Gasteiger partial charge on any atom is 0.143 e. The Kier molecular flexibility index (Phi) is 9.56. The van der Waals surface area contributed by atoms with Crippen LogP contribution in [0.1, 0.15) is 11.5 Å². The van der Waals surface area contributed by atoms with Gasteiger partial charge >= 0.3 is 0 Å². The van der Waals surface area contributed by atoms with Gasteiger partial charge in [0.25, 0.3) is 0 Å². The van der Waals surface area contributed by atoms with Gasteiger partial charge in [-0.3, -0.25) is 0 Å². The molecule has 14 rings (SSSR count). The number of allylic oxidation sites excluding steroid dienone is 6. The summed E-state index contributed by atoms with van der Waals surface area (Å²) in [5.74, 6) is 0.219. The van der Waals surface area contributed by atoms with Gasteiger partial charge < -0.3 is 18.3 Å². The molecule has 334 valence electrons. The summed E-state index contributed by atoms with van der Waals surface area (Å²) in [6, 6.07) is 80.8. The average molecular weight is 909 g/mol. The summed E-state index contributed by atoms with van der Waals surface area (Å²) in [4.78, 5) is 2.34. The molecule has 0 fully saturated rings. The number of aromatic nitrogens is 1. The van der Waals surface area contributed by atoms with Crippen molar-refractivity contribution in [2.24, 2.45) is 0 Å². The minimum atomic E-state index is 0.219. The Labute approximate surface area is 410 Å². The molecule has 0 spiro atoms. The van der Waals surface area contributed by atoms with Crippen molar-refractivity contribution in [3.05, 3.63) is 266 Å². The van der Waals surface area contributed by atoms with Crippen molar-refractivity contribution >= 4 is 82.7 Å². The van der Waals surface area contributed by atoms with Crippen LogP contribution in [0.4, 0.5) is 17.1 Å².